The van der Waals surface area contributed by atoms with Gasteiger partial charge in [0.15, 0.2) is 0 Å². The number of hydrogen-bond acceptors (Lipinski definition) is 8. The van der Waals surface area contributed by atoms with Gasteiger partial charge in [0.1, 0.15) is 0 Å². The third-order valence-electron chi connectivity index (χ3n) is 4.58. The summed E-state index contributed by atoms with van der Waals surface area (Å²) in [6.45, 7) is 4.61. The number of nitrogens with one attached hydrogen (secondary N) is 2. The maximum atomic E-state index is 5.97. The minimum Gasteiger partial charge on any atom is -0.378 e. The number of aromatic nitrogens is 3. The number of anilines is 4. The quantitative estimate of drug-likeness (QED) is 0.373. The van der Waals surface area contributed by atoms with Crippen molar-refractivity contribution in [1.29, 1.82) is 0 Å². The van der Waals surface area contributed by atoms with Crippen LogP contribution in [0.15, 0.2) is 58.1 Å². The van der Waals surface area contributed by atoms with E-state index in [1.54, 1.807) is 0 Å². The molecule has 0 saturated carbocycles. The number of hydrazone groups is 1. The van der Waals surface area contributed by atoms with Crippen LogP contribution in [0.3, 0.4) is 0 Å². The Labute approximate surface area is 193 Å². The number of benzene rings is 2. The predicted molar refractivity (Wildman–Crippen MR) is 128 cm³/mol. The van der Waals surface area contributed by atoms with E-state index in [0.717, 1.165) is 21.4 Å². The molecule has 0 amide bonds. The summed E-state index contributed by atoms with van der Waals surface area (Å²) in [6, 6.07) is 15.3. The topological polar surface area (TPSA) is 87.6 Å². The first-order chi connectivity index (χ1) is 15.1. The zero-order valence-electron chi connectivity index (χ0n) is 16.8. The molecule has 0 radical (unpaired) electrons. The standard InChI is InChI=1S/C21H21BrClN7O/c1-14(15-5-7-17(23)8-6-15)28-29-20-25-19(24-18-4-2-3-16(22)13-18)26-21(27-20)30-9-11-31-12-10-30/h2-8,13H,9-12H2,1H3,(H2,24,25,26,27,29)/b28-14-. The Morgan fingerprint density at radius 3 is 2.55 bits per heavy atom. The first-order valence-electron chi connectivity index (χ1n) is 9.74. The summed E-state index contributed by atoms with van der Waals surface area (Å²) >= 11 is 9.45. The molecule has 0 spiro atoms. The van der Waals surface area contributed by atoms with Crippen LogP contribution < -0.4 is 15.6 Å². The minimum absolute atomic E-state index is 0.349. The molecule has 160 valence electrons. The Balaban J connectivity index is 1.60. The summed E-state index contributed by atoms with van der Waals surface area (Å²) in [6.07, 6.45) is 0. The van der Waals surface area contributed by atoms with Crippen LogP contribution in [0.1, 0.15) is 12.5 Å². The molecule has 1 fully saturated rings. The van der Waals surface area contributed by atoms with Crippen LogP contribution in [-0.2, 0) is 4.74 Å². The summed E-state index contributed by atoms with van der Waals surface area (Å²) < 4.78 is 6.41. The summed E-state index contributed by atoms with van der Waals surface area (Å²) in [5.41, 5.74) is 5.56. The molecule has 8 nitrogen and oxygen atoms in total. The molecule has 10 heteroatoms. The number of rotatable bonds is 6. The largest absolute Gasteiger partial charge is 0.378 e. The van der Waals surface area contributed by atoms with Crippen molar-refractivity contribution in [3.05, 3.63) is 63.6 Å². The Hall–Kier alpha value is -2.75. The smallest absolute Gasteiger partial charge is 0.250 e. The fourth-order valence-electron chi connectivity index (χ4n) is 2.96. The van der Waals surface area contributed by atoms with Crippen LogP contribution in [0, 0.1) is 0 Å². The van der Waals surface area contributed by atoms with E-state index in [9.17, 15) is 0 Å². The third kappa shape index (κ3) is 5.90. The third-order valence-corrected chi connectivity index (χ3v) is 5.33. The summed E-state index contributed by atoms with van der Waals surface area (Å²) in [7, 11) is 0. The van der Waals surface area contributed by atoms with E-state index in [4.69, 9.17) is 16.3 Å². The van der Waals surface area contributed by atoms with Gasteiger partial charge >= 0.3 is 0 Å². The van der Waals surface area contributed by atoms with E-state index in [-0.39, 0.29) is 0 Å². The fourth-order valence-corrected chi connectivity index (χ4v) is 3.49. The molecule has 0 aliphatic carbocycles. The molecule has 1 aliphatic heterocycles. The molecule has 1 saturated heterocycles. The molecular formula is C21H21BrClN7O. The molecule has 1 aromatic heterocycles. The number of ether oxygens (including phenoxy) is 1. The van der Waals surface area contributed by atoms with Crippen LogP contribution in [0.4, 0.5) is 23.5 Å². The van der Waals surface area contributed by atoms with Crippen molar-refractivity contribution in [1.82, 2.24) is 15.0 Å². The fraction of sp³-hybridized carbons (Fsp3) is 0.238. The average Bonchev–Trinajstić information content (AvgIpc) is 2.78. The van der Waals surface area contributed by atoms with Crippen LogP contribution in [0.5, 0.6) is 0 Å². The van der Waals surface area contributed by atoms with Gasteiger partial charge in [-0.1, -0.05) is 45.7 Å². The van der Waals surface area contributed by atoms with Gasteiger partial charge in [-0.15, -0.1) is 0 Å². The molecule has 1 aliphatic rings. The highest BCUT2D eigenvalue weighted by atomic mass is 79.9. The van der Waals surface area contributed by atoms with Gasteiger partial charge < -0.3 is 15.0 Å². The van der Waals surface area contributed by atoms with Gasteiger partial charge in [0.2, 0.25) is 17.8 Å². The second-order valence-electron chi connectivity index (χ2n) is 6.83. The molecule has 4 rings (SSSR count). The van der Waals surface area contributed by atoms with E-state index in [1.807, 2.05) is 55.5 Å². The highest BCUT2D eigenvalue weighted by Crippen LogP contribution is 2.21. The lowest BCUT2D eigenvalue weighted by Crippen LogP contribution is -2.37. The van der Waals surface area contributed by atoms with Crippen molar-refractivity contribution in [2.24, 2.45) is 5.10 Å². The summed E-state index contributed by atoms with van der Waals surface area (Å²) in [5, 5.41) is 8.35. The van der Waals surface area contributed by atoms with Crippen LogP contribution in [-0.4, -0.2) is 47.0 Å². The highest BCUT2D eigenvalue weighted by Gasteiger charge is 2.17. The molecule has 0 atom stereocenters. The van der Waals surface area contributed by atoms with Crippen LogP contribution >= 0.6 is 27.5 Å². The second kappa shape index (κ2) is 10.0. The van der Waals surface area contributed by atoms with E-state index < -0.39 is 0 Å². The lowest BCUT2D eigenvalue weighted by Gasteiger charge is -2.27. The summed E-state index contributed by atoms with van der Waals surface area (Å²) in [4.78, 5) is 15.7. The molecule has 2 N–H and O–H groups in total. The average molecular weight is 503 g/mol. The van der Waals surface area contributed by atoms with Gasteiger partial charge in [-0.3, -0.25) is 0 Å². The van der Waals surface area contributed by atoms with Crippen molar-refractivity contribution in [2.45, 2.75) is 6.92 Å². The lowest BCUT2D eigenvalue weighted by atomic mass is 10.1. The molecular weight excluding hydrogens is 482 g/mol. The van der Waals surface area contributed by atoms with Gasteiger partial charge in [0.25, 0.3) is 0 Å². The zero-order valence-corrected chi connectivity index (χ0v) is 19.2. The van der Waals surface area contributed by atoms with E-state index >= 15 is 0 Å². The van der Waals surface area contributed by atoms with Gasteiger partial charge in [-0.05, 0) is 42.8 Å². The van der Waals surface area contributed by atoms with E-state index in [1.165, 1.54) is 0 Å². The van der Waals surface area contributed by atoms with Crippen molar-refractivity contribution in [3.8, 4) is 0 Å². The van der Waals surface area contributed by atoms with Crippen LogP contribution in [0.25, 0.3) is 0 Å². The van der Waals surface area contributed by atoms with E-state index in [0.29, 0.717) is 49.2 Å². The Bertz CT molecular complexity index is 1070. The van der Waals surface area contributed by atoms with Gasteiger partial charge in [0, 0.05) is 28.3 Å². The van der Waals surface area contributed by atoms with Gasteiger partial charge in [0.05, 0.1) is 18.9 Å². The normalized spacial score (nSPS) is 14.4. The Morgan fingerprint density at radius 2 is 1.81 bits per heavy atom. The molecule has 3 aromatic rings. The van der Waals surface area contributed by atoms with Gasteiger partial charge in [-0.25, -0.2) is 5.43 Å². The first kappa shape index (κ1) is 21.5. The summed E-state index contributed by atoms with van der Waals surface area (Å²) in [5.74, 6) is 1.34. The number of halogens is 2. The maximum Gasteiger partial charge on any atom is 0.250 e. The SMILES string of the molecule is C/C(=N/Nc1nc(Nc2cccc(Br)c2)nc(N2CCOCC2)n1)c1ccc(Cl)cc1. The van der Waals surface area contributed by atoms with Crippen LogP contribution in [0.2, 0.25) is 5.02 Å². The van der Waals surface area contributed by atoms with Gasteiger partial charge in [-0.2, -0.15) is 20.1 Å². The Kier molecular flexibility index (Phi) is 6.96. The maximum absolute atomic E-state index is 5.97. The van der Waals surface area contributed by atoms with Crippen molar-refractivity contribution in [2.75, 3.05) is 41.9 Å². The highest BCUT2D eigenvalue weighted by molar-refractivity contribution is 9.10. The number of nitrogens with zero attached hydrogens (tertiary/aromatic N) is 5. The predicted octanol–water partition coefficient (Wildman–Crippen LogP) is 4.70. The van der Waals surface area contributed by atoms with Crippen molar-refractivity contribution >= 4 is 56.8 Å². The molecule has 31 heavy (non-hydrogen) atoms. The number of morpholine rings is 1. The molecule has 0 unspecified atom stereocenters. The van der Waals surface area contributed by atoms with Crippen molar-refractivity contribution in [3.63, 3.8) is 0 Å². The zero-order chi connectivity index (χ0) is 21.6. The molecule has 2 heterocycles. The monoisotopic (exact) mass is 501 g/mol. The lowest BCUT2D eigenvalue weighted by molar-refractivity contribution is 0.122. The van der Waals surface area contributed by atoms with Crippen molar-refractivity contribution < 1.29 is 4.74 Å². The minimum atomic E-state index is 0.349. The first-order valence-corrected chi connectivity index (χ1v) is 10.9. The molecule has 0 bridgehead atoms. The van der Waals surface area contributed by atoms with E-state index in [2.05, 4.69) is 51.6 Å². The number of hydrogen-bond donors (Lipinski definition) is 2. The Morgan fingerprint density at radius 1 is 1.06 bits per heavy atom. The second-order valence-corrected chi connectivity index (χ2v) is 8.19. The molecule has 2 aromatic carbocycles.